The van der Waals surface area contributed by atoms with Gasteiger partial charge < -0.3 is 10.2 Å². The van der Waals surface area contributed by atoms with Crippen LogP contribution in [0.3, 0.4) is 0 Å². The number of nitrogens with one attached hydrogen (secondary N) is 1. The lowest BCUT2D eigenvalue weighted by Gasteiger charge is -2.26. The minimum atomic E-state index is -3.38. The second-order valence-electron chi connectivity index (χ2n) is 5.78. The molecule has 1 aromatic heterocycles. The molecule has 1 aliphatic rings. The van der Waals surface area contributed by atoms with Gasteiger partial charge in [0.25, 0.3) is 10.0 Å². The summed E-state index contributed by atoms with van der Waals surface area (Å²) in [6.07, 6.45) is 0.883. The summed E-state index contributed by atoms with van der Waals surface area (Å²) < 4.78 is 28.0. The second-order valence-corrected chi connectivity index (χ2v) is 9.04. The van der Waals surface area contributed by atoms with Crippen LogP contribution in [0.15, 0.2) is 10.3 Å². The zero-order valence-electron chi connectivity index (χ0n) is 13.2. The van der Waals surface area contributed by atoms with Gasteiger partial charge in [0, 0.05) is 30.6 Å². The Balaban J connectivity index is 2.30. The van der Waals surface area contributed by atoms with E-state index in [0.29, 0.717) is 17.3 Å². The first-order chi connectivity index (χ1) is 9.86. The van der Waals surface area contributed by atoms with Gasteiger partial charge in [0.05, 0.1) is 0 Å². The van der Waals surface area contributed by atoms with E-state index in [9.17, 15) is 8.42 Å². The molecular formula is C14H25N3O2S2. The smallest absolute Gasteiger partial charge is 0.252 e. The van der Waals surface area contributed by atoms with E-state index < -0.39 is 10.0 Å². The first kappa shape index (κ1) is 16.9. The van der Waals surface area contributed by atoms with E-state index in [0.717, 1.165) is 30.0 Å². The molecule has 0 saturated carbocycles. The van der Waals surface area contributed by atoms with Crippen molar-refractivity contribution in [2.75, 3.05) is 33.7 Å². The summed E-state index contributed by atoms with van der Waals surface area (Å²) in [6.45, 7) is 7.02. The quantitative estimate of drug-likeness (QED) is 0.908. The van der Waals surface area contributed by atoms with E-state index in [1.165, 1.54) is 11.3 Å². The Morgan fingerprint density at radius 3 is 2.81 bits per heavy atom. The average molecular weight is 332 g/mol. The summed E-state index contributed by atoms with van der Waals surface area (Å²) in [7, 11) is 0.543. The summed E-state index contributed by atoms with van der Waals surface area (Å²) in [5.41, 5.74) is 1.05. The van der Waals surface area contributed by atoms with Gasteiger partial charge in [0.2, 0.25) is 0 Å². The highest BCUT2D eigenvalue weighted by atomic mass is 32.2. The maximum Gasteiger partial charge on any atom is 0.252 e. The predicted molar refractivity (Wildman–Crippen MR) is 87.3 cm³/mol. The van der Waals surface area contributed by atoms with Gasteiger partial charge in [-0.05, 0) is 52.5 Å². The third-order valence-electron chi connectivity index (χ3n) is 3.88. The summed E-state index contributed by atoms with van der Waals surface area (Å²) in [5, 5.41) is 3.09. The molecule has 1 saturated heterocycles. The van der Waals surface area contributed by atoms with Crippen molar-refractivity contribution in [3.8, 4) is 0 Å². The Morgan fingerprint density at radius 1 is 1.43 bits per heavy atom. The van der Waals surface area contributed by atoms with Gasteiger partial charge in [-0.2, -0.15) is 4.31 Å². The molecule has 7 heteroatoms. The lowest BCUT2D eigenvalue weighted by Crippen LogP contribution is -2.41. The van der Waals surface area contributed by atoms with Crippen LogP contribution in [0.2, 0.25) is 0 Å². The molecule has 1 atom stereocenters. The molecule has 0 bridgehead atoms. The third kappa shape index (κ3) is 3.65. The van der Waals surface area contributed by atoms with Gasteiger partial charge in [0.1, 0.15) is 4.21 Å². The minimum Gasteiger partial charge on any atom is -0.315 e. The highest BCUT2D eigenvalue weighted by Crippen LogP contribution is 2.30. The van der Waals surface area contributed by atoms with Crippen LogP contribution in [-0.2, 0) is 16.6 Å². The van der Waals surface area contributed by atoms with Crippen molar-refractivity contribution in [2.24, 2.45) is 0 Å². The molecule has 0 amide bonds. The lowest BCUT2D eigenvalue weighted by molar-refractivity contribution is 0.291. The Kier molecular flexibility index (Phi) is 5.43. The standard InChI is InChI=1S/C14H25N3O2S2/c1-11-8-14(20-13(11)9-15-3)21(18,19)17-7-5-6-16(4)10-12(17)2/h8,12,15H,5-7,9-10H2,1-4H3. The van der Waals surface area contributed by atoms with E-state index >= 15 is 0 Å². The van der Waals surface area contributed by atoms with E-state index in [-0.39, 0.29) is 6.04 Å². The molecule has 0 spiro atoms. The van der Waals surface area contributed by atoms with Crippen LogP contribution in [0, 0.1) is 6.92 Å². The zero-order chi connectivity index (χ0) is 15.6. The molecule has 1 aliphatic heterocycles. The number of hydrogen-bond donors (Lipinski definition) is 1. The Labute approximate surface area is 132 Å². The van der Waals surface area contributed by atoms with Crippen molar-refractivity contribution < 1.29 is 8.42 Å². The Hall–Kier alpha value is -0.470. The Morgan fingerprint density at radius 2 is 2.14 bits per heavy atom. The van der Waals surface area contributed by atoms with Crippen LogP contribution in [0.25, 0.3) is 0 Å². The van der Waals surface area contributed by atoms with Gasteiger partial charge in [-0.15, -0.1) is 11.3 Å². The molecule has 1 fully saturated rings. The summed E-state index contributed by atoms with van der Waals surface area (Å²) >= 11 is 1.39. The molecule has 0 aliphatic carbocycles. The Bertz CT molecular complexity index is 583. The topological polar surface area (TPSA) is 52.7 Å². The number of nitrogens with zero attached hydrogens (tertiary/aromatic N) is 2. The number of likely N-dealkylation sites (N-methyl/N-ethyl adjacent to an activating group) is 1. The fraction of sp³-hybridized carbons (Fsp3) is 0.714. The first-order valence-electron chi connectivity index (χ1n) is 7.30. The lowest BCUT2D eigenvalue weighted by atomic mass is 10.3. The number of rotatable bonds is 4. The van der Waals surface area contributed by atoms with Crippen molar-refractivity contribution in [3.63, 3.8) is 0 Å². The van der Waals surface area contributed by atoms with Crippen molar-refractivity contribution in [2.45, 2.75) is 37.1 Å². The van der Waals surface area contributed by atoms with Crippen LogP contribution >= 0.6 is 11.3 Å². The average Bonchev–Trinajstić information content (AvgIpc) is 2.67. The fourth-order valence-electron chi connectivity index (χ4n) is 2.77. The fourth-order valence-corrected chi connectivity index (χ4v) is 6.17. The normalized spacial score (nSPS) is 22.4. The van der Waals surface area contributed by atoms with Crippen molar-refractivity contribution in [1.82, 2.24) is 14.5 Å². The van der Waals surface area contributed by atoms with E-state index in [1.807, 2.05) is 34.0 Å². The molecular weight excluding hydrogens is 306 g/mol. The summed E-state index contributed by atoms with van der Waals surface area (Å²) in [5.74, 6) is 0. The van der Waals surface area contributed by atoms with Gasteiger partial charge in [-0.1, -0.05) is 0 Å². The van der Waals surface area contributed by atoms with Crippen molar-refractivity contribution in [3.05, 3.63) is 16.5 Å². The summed E-state index contributed by atoms with van der Waals surface area (Å²) in [6, 6.07) is 1.83. The van der Waals surface area contributed by atoms with Gasteiger partial charge in [0.15, 0.2) is 0 Å². The molecule has 1 N–H and O–H groups in total. The maximum absolute atomic E-state index is 12.9. The minimum absolute atomic E-state index is 0.0117. The molecule has 21 heavy (non-hydrogen) atoms. The van der Waals surface area contributed by atoms with Crippen LogP contribution in [0.1, 0.15) is 23.8 Å². The molecule has 2 heterocycles. The highest BCUT2D eigenvalue weighted by molar-refractivity contribution is 7.91. The molecule has 2 rings (SSSR count). The van der Waals surface area contributed by atoms with Crippen LogP contribution in [-0.4, -0.2) is 57.4 Å². The largest absolute Gasteiger partial charge is 0.315 e. The number of sulfonamides is 1. The molecule has 5 nitrogen and oxygen atoms in total. The van der Waals surface area contributed by atoms with E-state index in [1.54, 1.807) is 4.31 Å². The monoisotopic (exact) mass is 331 g/mol. The molecule has 1 unspecified atom stereocenters. The van der Waals surface area contributed by atoms with Gasteiger partial charge in [-0.25, -0.2) is 8.42 Å². The van der Waals surface area contributed by atoms with Gasteiger partial charge >= 0.3 is 0 Å². The van der Waals surface area contributed by atoms with Crippen LogP contribution < -0.4 is 5.32 Å². The zero-order valence-corrected chi connectivity index (χ0v) is 14.9. The molecule has 0 aromatic carbocycles. The highest BCUT2D eigenvalue weighted by Gasteiger charge is 2.32. The van der Waals surface area contributed by atoms with Crippen LogP contribution in [0.5, 0.6) is 0 Å². The maximum atomic E-state index is 12.9. The number of hydrogen-bond acceptors (Lipinski definition) is 5. The SMILES string of the molecule is CNCc1sc(S(=O)(=O)N2CCCN(C)CC2C)cc1C. The second kappa shape index (κ2) is 6.75. The number of aryl methyl sites for hydroxylation is 1. The number of thiophene rings is 1. The first-order valence-corrected chi connectivity index (χ1v) is 9.56. The van der Waals surface area contributed by atoms with Crippen molar-refractivity contribution in [1.29, 1.82) is 0 Å². The summed E-state index contributed by atoms with van der Waals surface area (Å²) in [4.78, 5) is 3.29. The van der Waals surface area contributed by atoms with Gasteiger partial charge in [-0.3, -0.25) is 0 Å². The molecule has 0 radical (unpaired) electrons. The molecule has 1 aromatic rings. The van der Waals surface area contributed by atoms with E-state index in [4.69, 9.17) is 0 Å². The third-order valence-corrected chi connectivity index (χ3v) is 7.58. The molecule has 120 valence electrons. The van der Waals surface area contributed by atoms with Crippen molar-refractivity contribution >= 4 is 21.4 Å². The van der Waals surface area contributed by atoms with E-state index in [2.05, 4.69) is 10.2 Å². The van der Waals surface area contributed by atoms with Crippen LogP contribution in [0.4, 0.5) is 0 Å². The predicted octanol–water partition coefficient (Wildman–Crippen LogP) is 1.49.